The van der Waals surface area contributed by atoms with Crippen molar-refractivity contribution in [1.29, 1.82) is 0 Å². The molecule has 2 fully saturated rings. The lowest BCUT2D eigenvalue weighted by molar-refractivity contribution is -0.132. The summed E-state index contributed by atoms with van der Waals surface area (Å²) in [7, 11) is 0. The molecule has 1 aliphatic heterocycles. The van der Waals surface area contributed by atoms with Crippen LogP contribution in [0.3, 0.4) is 0 Å². The predicted octanol–water partition coefficient (Wildman–Crippen LogP) is 1.56. The molecule has 2 unspecified atom stereocenters. The van der Waals surface area contributed by atoms with Crippen LogP contribution in [-0.2, 0) is 9.59 Å². The van der Waals surface area contributed by atoms with Crippen LogP contribution in [0.2, 0.25) is 0 Å². The van der Waals surface area contributed by atoms with E-state index in [9.17, 15) is 9.59 Å². The van der Waals surface area contributed by atoms with Gasteiger partial charge in [0.25, 0.3) is 0 Å². The standard InChI is InChI=1S/C13H14N2O2/c14-10-2-1-3-11(7-10)15-12(16)8-4-5-9(6-8)13(15)17/h1-3,7-9H,4-6,14H2. The van der Waals surface area contributed by atoms with Gasteiger partial charge in [0, 0.05) is 17.5 Å². The second-order valence-corrected chi connectivity index (χ2v) is 4.81. The zero-order chi connectivity index (χ0) is 12.0. The summed E-state index contributed by atoms with van der Waals surface area (Å²) in [5, 5.41) is 0. The molecule has 0 aromatic heterocycles. The van der Waals surface area contributed by atoms with Gasteiger partial charge >= 0.3 is 0 Å². The summed E-state index contributed by atoms with van der Waals surface area (Å²) >= 11 is 0. The van der Waals surface area contributed by atoms with Crippen molar-refractivity contribution in [3.8, 4) is 0 Å². The Balaban J connectivity index is 2.02. The van der Waals surface area contributed by atoms with Crippen LogP contribution in [0.15, 0.2) is 24.3 Å². The summed E-state index contributed by atoms with van der Waals surface area (Å²) in [6.45, 7) is 0. The molecule has 4 heteroatoms. The van der Waals surface area contributed by atoms with Crippen molar-refractivity contribution in [3.63, 3.8) is 0 Å². The Kier molecular flexibility index (Phi) is 2.18. The van der Waals surface area contributed by atoms with Crippen LogP contribution >= 0.6 is 0 Å². The number of nitrogens with zero attached hydrogens (tertiary/aromatic N) is 1. The Labute approximate surface area is 99.4 Å². The molecule has 2 atom stereocenters. The number of benzene rings is 1. The van der Waals surface area contributed by atoms with E-state index in [4.69, 9.17) is 5.73 Å². The maximum atomic E-state index is 12.2. The van der Waals surface area contributed by atoms with E-state index in [1.165, 1.54) is 4.90 Å². The molecule has 2 N–H and O–H groups in total. The molecule has 1 saturated carbocycles. The highest BCUT2D eigenvalue weighted by Crippen LogP contribution is 2.40. The number of nitrogens with two attached hydrogens (primary N) is 1. The van der Waals surface area contributed by atoms with Gasteiger partial charge in [-0.05, 0) is 37.5 Å². The number of hydrogen-bond acceptors (Lipinski definition) is 3. The summed E-state index contributed by atoms with van der Waals surface area (Å²) in [6.07, 6.45) is 2.42. The lowest BCUT2D eigenvalue weighted by Crippen LogP contribution is -2.46. The molecule has 1 heterocycles. The summed E-state index contributed by atoms with van der Waals surface area (Å²) in [4.78, 5) is 25.7. The van der Waals surface area contributed by atoms with E-state index < -0.39 is 0 Å². The van der Waals surface area contributed by atoms with Crippen molar-refractivity contribution in [2.24, 2.45) is 11.8 Å². The van der Waals surface area contributed by atoms with E-state index in [-0.39, 0.29) is 23.7 Å². The number of carbonyl (C=O) groups excluding carboxylic acids is 2. The third kappa shape index (κ3) is 1.52. The van der Waals surface area contributed by atoms with Crippen LogP contribution in [0.25, 0.3) is 0 Å². The maximum Gasteiger partial charge on any atom is 0.236 e. The highest BCUT2D eigenvalue weighted by Gasteiger charge is 2.45. The fraction of sp³-hybridized carbons (Fsp3) is 0.385. The molecule has 3 rings (SSSR count). The van der Waals surface area contributed by atoms with Gasteiger partial charge in [0.2, 0.25) is 11.8 Å². The largest absolute Gasteiger partial charge is 0.399 e. The minimum Gasteiger partial charge on any atom is -0.399 e. The first-order valence-electron chi connectivity index (χ1n) is 5.90. The van der Waals surface area contributed by atoms with Crippen molar-refractivity contribution in [2.45, 2.75) is 19.3 Å². The fourth-order valence-electron chi connectivity index (χ4n) is 2.82. The lowest BCUT2D eigenvalue weighted by atomic mass is 9.96. The molecule has 0 radical (unpaired) electrons. The molecular weight excluding hydrogens is 216 g/mol. The molecule has 88 valence electrons. The first-order chi connectivity index (χ1) is 8.16. The molecule has 0 spiro atoms. The molecule has 1 saturated heterocycles. The molecule has 17 heavy (non-hydrogen) atoms. The Morgan fingerprint density at radius 3 is 2.35 bits per heavy atom. The Bertz CT molecular complexity index is 476. The average molecular weight is 230 g/mol. The highest BCUT2D eigenvalue weighted by atomic mass is 16.2. The maximum absolute atomic E-state index is 12.2. The van der Waals surface area contributed by atoms with E-state index in [0.29, 0.717) is 11.4 Å². The van der Waals surface area contributed by atoms with Crippen molar-refractivity contribution in [2.75, 3.05) is 10.6 Å². The summed E-state index contributed by atoms with van der Waals surface area (Å²) in [6, 6.07) is 6.95. The van der Waals surface area contributed by atoms with E-state index in [1.54, 1.807) is 24.3 Å². The summed E-state index contributed by atoms with van der Waals surface area (Å²) in [5.41, 5.74) is 6.87. The van der Waals surface area contributed by atoms with Gasteiger partial charge in [-0.1, -0.05) is 6.07 Å². The highest BCUT2D eigenvalue weighted by molar-refractivity contribution is 6.18. The van der Waals surface area contributed by atoms with Crippen LogP contribution in [0.4, 0.5) is 11.4 Å². The number of nitrogen functional groups attached to an aromatic ring is 1. The number of rotatable bonds is 1. The van der Waals surface area contributed by atoms with Crippen molar-refractivity contribution >= 4 is 23.2 Å². The molecule has 1 aromatic carbocycles. The quantitative estimate of drug-likeness (QED) is 0.588. The number of imide groups is 1. The second-order valence-electron chi connectivity index (χ2n) is 4.81. The molecule has 1 aliphatic carbocycles. The Morgan fingerprint density at radius 1 is 1.12 bits per heavy atom. The van der Waals surface area contributed by atoms with Crippen molar-refractivity contribution in [3.05, 3.63) is 24.3 Å². The van der Waals surface area contributed by atoms with E-state index in [0.717, 1.165) is 19.3 Å². The van der Waals surface area contributed by atoms with Gasteiger partial charge in [-0.25, -0.2) is 0 Å². The first kappa shape index (κ1) is 10.3. The van der Waals surface area contributed by atoms with E-state index in [1.807, 2.05) is 0 Å². The molecule has 2 amide bonds. The third-order valence-corrected chi connectivity index (χ3v) is 3.70. The van der Waals surface area contributed by atoms with Crippen LogP contribution in [0.5, 0.6) is 0 Å². The van der Waals surface area contributed by atoms with Crippen molar-refractivity contribution < 1.29 is 9.59 Å². The Hall–Kier alpha value is -1.84. The minimum absolute atomic E-state index is 0.0270. The van der Waals surface area contributed by atoms with Crippen molar-refractivity contribution in [1.82, 2.24) is 0 Å². The van der Waals surface area contributed by atoms with Gasteiger partial charge in [-0.3, -0.25) is 14.5 Å². The van der Waals surface area contributed by atoms with Crippen LogP contribution in [-0.4, -0.2) is 11.8 Å². The van der Waals surface area contributed by atoms with Crippen LogP contribution < -0.4 is 10.6 Å². The first-order valence-corrected chi connectivity index (χ1v) is 5.90. The predicted molar refractivity (Wildman–Crippen MR) is 64.2 cm³/mol. The molecule has 1 aromatic rings. The molecular formula is C13H14N2O2. The minimum atomic E-state index is -0.0608. The van der Waals surface area contributed by atoms with Crippen LogP contribution in [0.1, 0.15) is 19.3 Å². The number of piperidine rings is 1. The lowest BCUT2D eigenvalue weighted by Gasteiger charge is -2.29. The normalized spacial score (nSPS) is 27.6. The zero-order valence-corrected chi connectivity index (χ0v) is 9.43. The monoisotopic (exact) mass is 230 g/mol. The molecule has 2 bridgehead atoms. The molecule has 4 nitrogen and oxygen atoms in total. The van der Waals surface area contributed by atoms with Gasteiger partial charge in [0.05, 0.1) is 5.69 Å². The second kappa shape index (κ2) is 3.58. The SMILES string of the molecule is Nc1cccc(N2C(=O)C3CCC(C3)C2=O)c1. The number of hydrogen-bond donors (Lipinski definition) is 1. The topological polar surface area (TPSA) is 63.4 Å². The number of fused-ring (bicyclic) bond motifs is 2. The molecule has 2 aliphatic rings. The summed E-state index contributed by atoms with van der Waals surface area (Å²) < 4.78 is 0. The van der Waals surface area contributed by atoms with Gasteiger partial charge in [-0.2, -0.15) is 0 Å². The van der Waals surface area contributed by atoms with Gasteiger partial charge in [0.15, 0.2) is 0 Å². The van der Waals surface area contributed by atoms with E-state index >= 15 is 0 Å². The number of anilines is 2. The van der Waals surface area contributed by atoms with Gasteiger partial charge in [0.1, 0.15) is 0 Å². The van der Waals surface area contributed by atoms with Gasteiger partial charge < -0.3 is 5.73 Å². The zero-order valence-electron chi connectivity index (χ0n) is 9.43. The van der Waals surface area contributed by atoms with Crippen LogP contribution in [0, 0.1) is 11.8 Å². The summed E-state index contributed by atoms with van der Waals surface area (Å²) in [5.74, 6) is -0.0676. The third-order valence-electron chi connectivity index (χ3n) is 3.70. The average Bonchev–Trinajstić information content (AvgIpc) is 2.74. The smallest absolute Gasteiger partial charge is 0.236 e. The fourth-order valence-corrected chi connectivity index (χ4v) is 2.82. The van der Waals surface area contributed by atoms with E-state index in [2.05, 4.69) is 0 Å². The number of carbonyl (C=O) groups is 2. The number of amides is 2. The Morgan fingerprint density at radius 2 is 1.76 bits per heavy atom. The van der Waals surface area contributed by atoms with Gasteiger partial charge in [-0.15, -0.1) is 0 Å².